The van der Waals surface area contributed by atoms with Gasteiger partial charge in [0, 0.05) is 38.0 Å². The molecular weight excluding hydrogens is 578 g/mol. The van der Waals surface area contributed by atoms with Crippen molar-refractivity contribution in [3.8, 4) is 0 Å². The van der Waals surface area contributed by atoms with E-state index in [9.17, 15) is 19.2 Å². The van der Waals surface area contributed by atoms with Crippen molar-refractivity contribution in [3.05, 3.63) is 71.9 Å². The summed E-state index contributed by atoms with van der Waals surface area (Å²) in [5, 5.41) is 6.27. The van der Waals surface area contributed by atoms with E-state index >= 15 is 0 Å². The van der Waals surface area contributed by atoms with Crippen LogP contribution in [0.4, 0.5) is 4.79 Å². The monoisotopic (exact) mass is 623 g/mol. The van der Waals surface area contributed by atoms with Crippen LogP contribution in [0.5, 0.6) is 0 Å². The maximum Gasteiger partial charge on any atom is 0.408 e. The lowest BCUT2D eigenvalue weighted by atomic mass is 10.0. The molecule has 10 nitrogen and oxygen atoms in total. The number of esters is 2. The van der Waals surface area contributed by atoms with Gasteiger partial charge in [0.1, 0.15) is 24.3 Å². The number of alkyl carbamates (subject to hydrolysis) is 1. The van der Waals surface area contributed by atoms with Gasteiger partial charge in [-0.2, -0.15) is 0 Å². The van der Waals surface area contributed by atoms with Gasteiger partial charge in [-0.15, -0.1) is 0 Å². The smallest absolute Gasteiger partial charge is 0.408 e. The van der Waals surface area contributed by atoms with Crippen LogP contribution in [0.25, 0.3) is 10.9 Å². The first-order valence-corrected chi connectivity index (χ1v) is 18.6. The molecule has 0 bridgehead atoms. The normalized spacial score (nSPS) is 13.0. The Morgan fingerprint density at radius 2 is 1.57 bits per heavy atom. The third kappa shape index (κ3) is 11.9. The van der Waals surface area contributed by atoms with E-state index in [0.29, 0.717) is 0 Å². The standard InChI is InChI=1S/C33H45N3O7Si/c1-33(2,3)43-29(37)17-16-27(36-32(40)42-22-23-12-8-7-9-13-23)30(38)35-28(31(39)41-18-19-44(4,5)6)20-24-21-34-26-15-11-10-14-25(24)26/h7-15,21,27-28,34H,16-20,22H2,1-6H3,(H,35,38)(H,36,40)/t27-,28+/m1/s1. The van der Waals surface area contributed by atoms with Gasteiger partial charge in [-0.3, -0.25) is 9.59 Å². The lowest BCUT2D eigenvalue weighted by Crippen LogP contribution is -2.53. The zero-order valence-electron chi connectivity index (χ0n) is 26.5. The van der Waals surface area contributed by atoms with Crippen LogP contribution in [0, 0.1) is 0 Å². The number of amides is 2. The first kappa shape index (κ1) is 34.4. The minimum atomic E-state index is -1.47. The van der Waals surface area contributed by atoms with Gasteiger partial charge in [0.25, 0.3) is 0 Å². The Labute approximate surface area is 260 Å². The molecule has 2 atom stereocenters. The van der Waals surface area contributed by atoms with Gasteiger partial charge in [-0.1, -0.05) is 68.2 Å². The highest BCUT2D eigenvalue weighted by atomic mass is 28.3. The largest absolute Gasteiger partial charge is 0.464 e. The number of hydrogen-bond acceptors (Lipinski definition) is 7. The van der Waals surface area contributed by atoms with Crippen LogP contribution in [0.15, 0.2) is 60.8 Å². The summed E-state index contributed by atoms with van der Waals surface area (Å²) in [5.41, 5.74) is 1.80. The molecular formula is C33H45N3O7Si. The Morgan fingerprint density at radius 3 is 2.25 bits per heavy atom. The van der Waals surface area contributed by atoms with Crippen LogP contribution in [0.3, 0.4) is 0 Å². The molecule has 0 fully saturated rings. The second-order valence-corrected chi connectivity index (χ2v) is 18.6. The summed E-state index contributed by atoms with van der Waals surface area (Å²) < 4.78 is 16.3. The van der Waals surface area contributed by atoms with Crippen molar-refractivity contribution in [1.82, 2.24) is 15.6 Å². The van der Waals surface area contributed by atoms with Crippen molar-refractivity contribution in [2.75, 3.05) is 6.61 Å². The van der Waals surface area contributed by atoms with E-state index in [4.69, 9.17) is 14.2 Å². The van der Waals surface area contributed by atoms with Gasteiger partial charge in [0.2, 0.25) is 5.91 Å². The number of hydrogen-bond donors (Lipinski definition) is 3. The fourth-order valence-corrected chi connectivity index (χ4v) is 5.09. The first-order valence-electron chi connectivity index (χ1n) is 14.9. The zero-order valence-corrected chi connectivity index (χ0v) is 27.5. The van der Waals surface area contributed by atoms with E-state index in [1.807, 2.05) is 54.6 Å². The Morgan fingerprint density at radius 1 is 0.886 bits per heavy atom. The van der Waals surface area contributed by atoms with Crippen molar-refractivity contribution in [2.24, 2.45) is 0 Å². The second-order valence-electron chi connectivity index (χ2n) is 13.0. The predicted molar refractivity (Wildman–Crippen MR) is 172 cm³/mol. The number of rotatable bonds is 14. The van der Waals surface area contributed by atoms with Gasteiger partial charge >= 0.3 is 18.0 Å². The van der Waals surface area contributed by atoms with Gasteiger partial charge in [-0.05, 0) is 50.4 Å². The van der Waals surface area contributed by atoms with Crippen LogP contribution in [-0.4, -0.2) is 61.3 Å². The Kier molecular flexibility index (Phi) is 12.2. The molecule has 1 aromatic heterocycles. The molecule has 238 valence electrons. The van der Waals surface area contributed by atoms with Crippen molar-refractivity contribution < 1.29 is 33.4 Å². The molecule has 11 heteroatoms. The molecule has 0 aliphatic heterocycles. The SMILES string of the molecule is CC(C)(C)OC(=O)CC[C@@H](NC(=O)OCc1ccccc1)C(=O)N[C@@H](Cc1c[nH]c2ccccc12)C(=O)OCC[Si](C)(C)C. The molecule has 0 spiro atoms. The molecule has 3 rings (SSSR count). The summed E-state index contributed by atoms with van der Waals surface area (Å²) in [6.07, 6.45) is 0.939. The number of H-pyrrole nitrogens is 1. The van der Waals surface area contributed by atoms with Crippen molar-refractivity contribution in [2.45, 2.75) is 90.0 Å². The Bertz CT molecular complexity index is 1410. The van der Waals surface area contributed by atoms with Crippen LogP contribution in [-0.2, 0) is 41.6 Å². The maximum absolute atomic E-state index is 13.6. The fraction of sp³-hybridized carbons (Fsp3) is 0.455. The minimum absolute atomic E-state index is 0.000314. The molecule has 0 saturated heterocycles. The molecule has 2 aromatic carbocycles. The molecule has 3 N–H and O–H groups in total. The summed E-state index contributed by atoms with van der Waals surface area (Å²) >= 11 is 0. The molecule has 3 aromatic rings. The topological polar surface area (TPSA) is 136 Å². The quantitative estimate of drug-likeness (QED) is 0.123. The molecule has 0 aliphatic rings. The Balaban J connectivity index is 1.77. The number of ether oxygens (including phenoxy) is 3. The average Bonchev–Trinajstić information content (AvgIpc) is 3.35. The third-order valence-electron chi connectivity index (χ3n) is 6.67. The summed E-state index contributed by atoms with van der Waals surface area (Å²) in [4.78, 5) is 55.4. The van der Waals surface area contributed by atoms with Crippen molar-refractivity contribution in [3.63, 3.8) is 0 Å². The van der Waals surface area contributed by atoms with E-state index in [1.165, 1.54) is 0 Å². The van der Waals surface area contributed by atoms with Crippen molar-refractivity contribution >= 4 is 42.9 Å². The fourth-order valence-electron chi connectivity index (χ4n) is 4.37. The second kappa shape index (κ2) is 15.6. The van der Waals surface area contributed by atoms with E-state index in [0.717, 1.165) is 28.1 Å². The molecule has 2 amide bonds. The van der Waals surface area contributed by atoms with Gasteiger partial charge in [0.05, 0.1) is 6.61 Å². The number of carbonyl (C=O) groups is 4. The van der Waals surface area contributed by atoms with Crippen LogP contribution in [0.1, 0.15) is 44.7 Å². The molecule has 0 unspecified atom stereocenters. The molecule has 0 saturated carbocycles. The third-order valence-corrected chi connectivity index (χ3v) is 8.38. The van der Waals surface area contributed by atoms with Gasteiger partial charge in [0.15, 0.2) is 0 Å². The van der Waals surface area contributed by atoms with E-state index in [-0.39, 0.29) is 32.5 Å². The molecule has 0 radical (unpaired) electrons. The highest BCUT2D eigenvalue weighted by Gasteiger charge is 2.30. The minimum Gasteiger partial charge on any atom is -0.464 e. The lowest BCUT2D eigenvalue weighted by Gasteiger charge is -2.24. The number of aromatic nitrogens is 1. The number of aromatic amines is 1. The molecule has 1 heterocycles. The first-order chi connectivity index (χ1) is 20.7. The van der Waals surface area contributed by atoms with Crippen LogP contribution < -0.4 is 10.6 Å². The number of fused-ring (bicyclic) bond motifs is 1. The summed E-state index contributed by atoms with van der Waals surface area (Å²) in [7, 11) is -1.47. The van der Waals surface area contributed by atoms with E-state index in [2.05, 4.69) is 35.3 Å². The number of carbonyl (C=O) groups excluding carboxylic acids is 4. The molecule has 0 aliphatic carbocycles. The van der Waals surface area contributed by atoms with Gasteiger partial charge < -0.3 is 29.8 Å². The predicted octanol–water partition coefficient (Wildman–Crippen LogP) is 5.49. The zero-order chi connectivity index (χ0) is 32.3. The van der Waals surface area contributed by atoms with Crippen LogP contribution >= 0.6 is 0 Å². The Hall–Kier alpha value is -4.12. The number of benzene rings is 2. The maximum atomic E-state index is 13.6. The number of para-hydroxylation sites is 1. The van der Waals surface area contributed by atoms with Gasteiger partial charge in [-0.25, -0.2) is 9.59 Å². The van der Waals surface area contributed by atoms with Crippen LogP contribution in [0.2, 0.25) is 25.7 Å². The summed E-state index contributed by atoms with van der Waals surface area (Å²) in [6.45, 7) is 12.0. The average molecular weight is 624 g/mol. The van der Waals surface area contributed by atoms with E-state index in [1.54, 1.807) is 27.0 Å². The molecule has 44 heavy (non-hydrogen) atoms. The highest BCUT2D eigenvalue weighted by molar-refractivity contribution is 6.76. The lowest BCUT2D eigenvalue weighted by molar-refractivity contribution is -0.155. The number of nitrogens with one attached hydrogen (secondary N) is 3. The summed E-state index contributed by atoms with van der Waals surface area (Å²) in [6, 6.07) is 15.4. The highest BCUT2D eigenvalue weighted by Crippen LogP contribution is 2.20. The van der Waals surface area contributed by atoms with Crippen molar-refractivity contribution in [1.29, 1.82) is 0 Å². The van der Waals surface area contributed by atoms with E-state index < -0.39 is 49.7 Å². The summed E-state index contributed by atoms with van der Waals surface area (Å²) in [5.74, 6) is -1.73.